The summed E-state index contributed by atoms with van der Waals surface area (Å²) in [7, 11) is 3.03. The number of H-pyrrole nitrogens is 1. The minimum absolute atomic E-state index is 0.0355. The van der Waals surface area contributed by atoms with Crippen LogP contribution in [0, 0.1) is 5.82 Å². The lowest BCUT2D eigenvalue weighted by molar-refractivity contribution is 0.0972. The number of hydrogen-bond acceptors (Lipinski definition) is 5. The SMILES string of the molecule is CCCCc1[nH]c(=O)c(C(=O)CCC(CCC)c2ccc(F)cc2)c(O)c1-c1c(OC)cccc1OC. The Morgan fingerprint density at radius 1 is 0.973 bits per heavy atom. The van der Waals surface area contributed by atoms with Crippen LogP contribution in [0.2, 0.25) is 0 Å². The zero-order chi connectivity index (χ0) is 26.9. The van der Waals surface area contributed by atoms with Crippen LogP contribution in [0.5, 0.6) is 17.2 Å². The number of benzene rings is 2. The minimum atomic E-state index is -0.611. The van der Waals surface area contributed by atoms with Crippen molar-refractivity contribution in [1.29, 1.82) is 0 Å². The standard InChI is InChI=1S/C30H36FNO5/c1-5-7-10-22-26(28-24(36-3)11-8-12-25(28)37-4)29(34)27(30(35)32-22)23(33)18-15-19(9-6-2)20-13-16-21(31)17-14-20/h8,11-14,16-17,19H,5-7,9-10,15,18H2,1-4H3,(H2,32,34,35). The molecule has 0 spiro atoms. The number of ketones is 1. The number of rotatable bonds is 13. The summed E-state index contributed by atoms with van der Waals surface area (Å²) in [5.74, 6) is -0.174. The smallest absolute Gasteiger partial charge is 0.262 e. The first-order valence-electron chi connectivity index (χ1n) is 12.8. The van der Waals surface area contributed by atoms with E-state index in [0.717, 1.165) is 31.2 Å². The number of aromatic amines is 1. The van der Waals surface area contributed by atoms with Crippen LogP contribution < -0.4 is 15.0 Å². The number of aromatic hydroxyl groups is 1. The quantitative estimate of drug-likeness (QED) is 0.248. The third-order valence-corrected chi connectivity index (χ3v) is 6.70. The maximum absolute atomic E-state index is 13.4. The van der Waals surface area contributed by atoms with Crippen LogP contribution in [0.4, 0.5) is 4.39 Å². The van der Waals surface area contributed by atoms with Gasteiger partial charge in [0.05, 0.1) is 25.3 Å². The van der Waals surface area contributed by atoms with E-state index in [9.17, 15) is 19.1 Å². The van der Waals surface area contributed by atoms with Crippen molar-refractivity contribution >= 4 is 5.78 Å². The number of unbranched alkanes of at least 4 members (excludes halogenated alkanes) is 1. The van der Waals surface area contributed by atoms with Gasteiger partial charge in [-0.3, -0.25) is 9.59 Å². The van der Waals surface area contributed by atoms with E-state index >= 15 is 0 Å². The Morgan fingerprint density at radius 3 is 2.19 bits per heavy atom. The molecule has 0 aliphatic carbocycles. The summed E-state index contributed by atoms with van der Waals surface area (Å²) in [6, 6.07) is 11.6. The summed E-state index contributed by atoms with van der Waals surface area (Å²) in [4.78, 5) is 29.4. The van der Waals surface area contributed by atoms with Gasteiger partial charge in [0.25, 0.3) is 5.56 Å². The van der Waals surface area contributed by atoms with Crippen LogP contribution in [0.25, 0.3) is 11.1 Å². The van der Waals surface area contributed by atoms with E-state index in [0.29, 0.717) is 41.2 Å². The molecule has 0 saturated carbocycles. The lowest BCUT2D eigenvalue weighted by atomic mass is 9.88. The van der Waals surface area contributed by atoms with E-state index in [-0.39, 0.29) is 29.5 Å². The van der Waals surface area contributed by atoms with Crippen LogP contribution in [0.15, 0.2) is 47.3 Å². The molecule has 198 valence electrons. The molecule has 1 atom stereocenters. The molecule has 0 aliphatic heterocycles. The lowest BCUT2D eigenvalue weighted by Crippen LogP contribution is -2.21. The predicted octanol–water partition coefficient (Wildman–Crippen LogP) is 6.79. The molecular weight excluding hydrogens is 473 g/mol. The highest BCUT2D eigenvalue weighted by atomic mass is 19.1. The van der Waals surface area contributed by atoms with Crippen LogP contribution in [-0.4, -0.2) is 30.1 Å². The first-order valence-corrected chi connectivity index (χ1v) is 12.8. The Bertz CT molecular complexity index is 1240. The number of methoxy groups -OCH3 is 2. The summed E-state index contributed by atoms with van der Waals surface area (Å²) in [5, 5.41) is 11.4. The van der Waals surface area contributed by atoms with Crippen molar-refractivity contribution in [1.82, 2.24) is 4.98 Å². The molecule has 0 aliphatic rings. The molecule has 0 saturated heterocycles. The van der Waals surface area contributed by atoms with Gasteiger partial charge in [0.15, 0.2) is 5.78 Å². The highest BCUT2D eigenvalue weighted by Crippen LogP contribution is 2.45. The lowest BCUT2D eigenvalue weighted by Gasteiger charge is -2.19. The van der Waals surface area contributed by atoms with Gasteiger partial charge in [-0.2, -0.15) is 0 Å². The maximum Gasteiger partial charge on any atom is 0.262 e. The van der Waals surface area contributed by atoms with Crippen LogP contribution in [0.3, 0.4) is 0 Å². The van der Waals surface area contributed by atoms with Gasteiger partial charge >= 0.3 is 0 Å². The minimum Gasteiger partial charge on any atom is -0.506 e. The number of pyridine rings is 1. The first-order chi connectivity index (χ1) is 17.9. The molecule has 0 radical (unpaired) electrons. The highest BCUT2D eigenvalue weighted by Gasteiger charge is 2.27. The third-order valence-electron chi connectivity index (χ3n) is 6.70. The summed E-state index contributed by atoms with van der Waals surface area (Å²) < 4.78 is 24.5. The predicted molar refractivity (Wildman–Crippen MR) is 143 cm³/mol. The number of aryl methyl sites for hydroxylation is 1. The second kappa shape index (κ2) is 13.1. The molecule has 37 heavy (non-hydrogen) atoms. The Kier molecular flexibility index (Phi) is 9.89. The zero-order valence-electron chi connectivity index (χ0n) is 22.0. The van der Waals surface area contributed by atoms with Crippen molar-refractivity contribution in [3.05, 3.63) is 75.5 Å². The molecule has 3 rings (SSSR count). The Labute approximate surface area is 217 Å². The monoisotopic (exact) mass is 509 g/mol. The van der Waals surface area contributed by atoms with E-state index in [1.807, 2.05) is 6.92 Å². The molecule has 1 aromatic heterocycles. The fourth-order valence-corrected chi connectivity index (χ4v) is 4.80. The summed E-state index contributed by atoms with van der Waals surface area (Å²) in [5.41, 5.74) is 1.42. The summed E-state index contributed by atoms with van der Waals surface area (Å²) >= 11 is 0. The number of carbonyl (C=O) groups excluding carboxylic acids is 1. The molecule has 2 N–H and O–H groups in total. The van der Waals surface area contributed by atoms with Gasteiger partial charge in [-0.15, -0.1) is 0 Å². The van der Waals surface area contributed by atoms with E-state index < -0.39 is 11.3 Å². The Hall–Kier alpha value is -3.61. The summed E-state index contributed by atoms with van der Waals surface area (Å²) in [6.45, 7) is 4.09. The normalized spacial score (nSPS) is 11.8. The maximum atomic E-state index is 13.4. The fourth-order valence-electron chi connectivity index (χ4n) is 4.80. The van der Waals surface area contributed by atoms with Gasteiger partial charge in [0.1, 0.15) is 28.6 Å². The van der Waals surface area contributed by atoms with Crippen LogP contribution in [0.1, 0.15) is 79.9 Å². The van der Waals surface area contributed by atoms with E-state index in [1.54, 1.807) is 30.3 Å². The average Bonchev–Trinajstić information content (AvgIpc) is 2.90. The number of nitrogens with one attached hydrogen (secondary N) is 1. The van der Waals surface area contributed by atoms with Gasteiger partial charge in [-0.1, -0.05) is 44.9 Å². The first kappa shape index (κ1) is 28.0. The number of aromatic nitrogens is 1. The largest absolute Gasteiger partial charge is 0.506 e. The fraction of sp³-hybridized carbons (Fsp3) is 0.400. The number of hydrogen-bond donors (Lipinski definition) is 2. The van der Waals surface area contributed by atoms with Crippen LogP contribution >= 0.6 is 0 Å². The molecular formula is C30H36FNO5. The van der Waals surface area contributed by atoms with Crippen molar-refractivity contribution in [3.8, 4) is 28.4 Å². The van der Waals surface area contributed by atoms with Crippen molar-refractivity contribution in [2.75, 3.05) is 14.2 Å². The van der Waals surface area contributed by atoms with Crippen molar-refractivity contribution in [2.45, 2.75) is 64.7 Å². The van der Waals surface area contributed by atoms with Gasteiger partial charge < -0.3 is 19.6 Å². The van der Waals surface area contributed by atoms with Crippen molar-refractivity contribution < 1.29 is 23.8 Å². The molecule has 0 amide bonds. The Morgan fingerprint density at radius 2 is 1.62 bits per heavy atom. The molecule has 0 fully saturated rings. The van der Waals surface area contributed by atoms with E-state index in [1.165, 1.54) is 26.4 Å². The van der Waals surface area contributed by atoms with Gasteiger partial charge in [0, 0.05) is 12.1 Å². The topological polar surface area (TPSA) is 88.6 Å². The zero-order valence-corrected chi connectivity index (χ0v) is 22.0. The Balaban J connectivity index is 2.05. The summed E-state index contributed by atoms with van der Waals surface area (Å²) in [6.07, 6.45) is 4.43. The van der Waals surface area contributed by atoms with Gasteiger partial charge in [0.2, 0.25) is 0 Å². The van der Waals surface area contributed by atoms with E-state index in [4.69, 9.17) is 9.47 Å². The molecule has 7 heteroatoms. The average molecular weight is 510 g/mol. The number of carbonyl (C=O) groups is 1. The molecule has 3 aromatic rings. The van der Waals surface area contributed by atoms with Crippen molar-refractivity contribution in [3.63, 3.8) is 0 Å². The molecule has 1 unspecified atom stereocenters. The number of Topliss-reactive ketones (excluding diaryl/α,β-unsaturated/α-hetero) is 1. The number of ether oxygens (including phenoxy) is 2. The molecule has 1 heterocycles. The molecule has 6 nitrogen and oxygen atoms in total. The van der Waals surface area contributed by atoms with Gasteiger partial charge in [-0.25, -0.2) is 4.39 Å². The van der Waals surface area contributed by atoms with Crippen molar-refractivity contribution in [2.24, 2.45) is 0 Å². The second-order valence-corrected chi connectivity index (χ2v) is 9.17. The van der Waals surface area contributed by atoms with Crippen LogP contribution in [-0.2, 0) is 6.42 Å². The molecule has 2 aromatic carbocycles. The number of halogens is 1. The second-order valence-electron chi connectivity index (χ2n) is 9.17. The molecule has 0 bridgehead atoms. The van der Waals surface area contributed by atoms with E-state index in [2.05, 4.69) is 11.9 Å². The third kappa shape index (κ3) is 6.40. The van der Waals surface area contributed by atoms with Gasteiger partial charge in [-0.05, 0) is 61.4 Å². The highest BCUT2D eigenvalue weighted by molar-refractivity contribution is 6.01.